The first-order valence-electron chi connectivity index (χ1n) is 9.03. The Morgan fingerprint density at radius 3 is 2.32 bits per heavy atom. The molecule has 0 radical (unpaired) electrons. The minimum Gasteiger partial charge on any atom is -0.493 e. The zero-order chi connectivity index (χ0) is 20.4. The van der Waals surface area contributed by atoms with Gasteiger partial charge in [0.25, 0.3) is 11.8 Å². The third kappa shape index (κ3) is 6.28. The van der Waals surface area contributed by atoms with Gasteiger partial charge in [0.1, 0.15) is 0 Å². The Morgan fingerprint density at radius 1 is 1.00 bits per heavy atom. The first-order chi connectivity index (χ1) is 13.5. The molecule has 28 heavy (non-hydrogen) atoms. The summed E-state index contributed by atoms with van der Waals surface area (Å²) in [6, 6.07) is 13.8. The van der Waals surface area contributed by atoms with Crippen LogP contribution in [0, 0.1) is 0 Å². The predicted molar refractivity (Wildman–Crippen MR) is 107 cm³/mol. The second kappa shape index (κ2) is 10.9. The Hall–Kier alpha value is -3.06. The van der Waals surface area contributed by atoms with Crippen molar-refractivity contribution in [3.8, 4) is 11.5 Å². The van der Waals surface area contributed by atoms with Crippen LogP contribution in [0.5, 0.6) is 11.5 Å². The first kappa shape index (κ1) is 21.2. The number of carbonyl (C=O) groups is 2. The van der Waals surface area contributed by atoms with Gasteiger partial charge < -0.3 is 24.8 Å². The highest BCUT2D eigenvalue weighted by Crippen LogP contribution is 2.27. The van der Waals surface area contributed by atoms with Gasteiger partial charge in [-0.2, -0.15) is 0 Å². The number of hydrogen-bond acceptors (Lipinski definition) is 5. The molecule has 0 spiro atoms. The largest absolute Gasteiger partial charge is 0.493 e. The van der Waals surface area contributed by atoms with Crippen molar-refractivity contribution in [2.45, 2.75) is 19.4 Å². The van der Waals surface area contributed by atoms with Crippen molar-refractivity contribution in [2.75, 3.05) is 32.7 Å². The molecule has 7 nitrogen and oxygen atoms in total. The fourth-order valence-electron chi connectivity index (χ4n) is 2.43. The van der Waals surface area contributed by atoms with Crippen LogP contribution in [0.25, 0.3) is 0 Å². The van der Waals surface area contributed by atoms with Crippen LogP contribution in [0.4, 0.5) is 5.69 Å². The summed E-state index contributed by atoms with van der Waals surface area (Å²) in [7, 11) is 3.17. The highest BCUT2D eigenvalue weighted by Gasteiger charge is 2.17. The zero-order valence-electron chi connectivity index (χ0n) is 16.4. The van der Waals surface area contributed by atoms with Crippen LogP contribution in [-0.2, 0) is 9.53 Å². The molecule has 150 valence electrons. The van der Waals surface area contributed by atoms with Crippen LogP contribution in [0.3, 0.4) is 0 Å². The predicted octanol–water partition coefficient (Wildman–Crippen LogP) is 2.87. The summed E-state index contributed by atoms with van der Waals surface area (Å²) in [5, 5.41) is 5.58. The van der Waals surface area contributed by atoms with E-state index in [4.69, 9.17) is 14.2 Å². The second-order valence-corrected chi connectivity index (χ2v) is 6.08. The minimum atomic E-state index is -0.722. The zero-order valence-corrected chi connectivity index (χ0v) is 16.4. The van der Waals surface area contributed by atoms with Gasteiger partial charge in [-0.1, -0.05) is 12.1 Å². The number of nitrogens with one attached hydrogen (secondary N) is 2. The highest BCUT2D eigenvalue weighted by atomic mass is 16.5. The lowest BCUT2D eigenvalue weighted by Gasteiger charge is -2.16. The van der Waals surface area contributed by atoms with Crippen LogP contribution in [0.15, 0.2) is 48.5 Å². The van der Waals surface area contributed by atoms with Gasteiger partial charge in [-0.15, -0.1) is 0 Å². The smallest absolute Gasteiger partial charge is 0.265 e. The quantitative estimate of drug-likeness (QED) is 0.613. The molecule has 2 aromatic carbocycles. The number of amides is 2. The Kier molecular flexibility index (Phi) is 8.30. The normalized spacial score (nSPS) is 11.4. The lowest BCUT2D eigenvalue weighted by molar-refractivity contribution is -0.122. The number of para-hydroxylation sites is 2. The molecule has 0 saturated carbocycles. The van der Waals surface area contributed by atoms with E-state index in [9.17, 15) is 9.59 Å². The third-order valence-corrected chi connectivity index (χ3v) is 3.97. The van der Waals surface area contributed by atoms with Crippen molar-refractivity contribution in [3.05, 3.63) is 54.1 Å². The van der Waals surface area contributed by atoms with Gasteiger partial charge in [-0.05, 0) is 49.7 Å². The van der Waals surface area contributed by atoms with Crippen molar-refractivity contribution in [1.82, 2.24) is 5.32 Å². The summed E-state index contributed by atoms with van der Waals surface area (Å²) >= 11 is 0. The van der Waals surface area contributed by atoms with Gasteiger partial charge in [-0.25, -0.2) is 0 Å². The number of anilines is 1. The molecule has 1 unspecified atom stereocenters. The summed E-state index contributed by atoms with van der Waals surface area (Å²) in [5.41, 5.74) is 1.10. The van der Waals surface area contributed by atoms with Crippen LogP contribution in [0.2, 0.25) is 0 Å². The molecule has 2 N–H and O–H groups in total. The van der Waals surface area contributed by atoms with Crippen LogP contribution in [0.1, 0.15) is 23.7 Å². The fraction of sp³-hybridized carbons (Fsp3) is 0.333. The van der Waals surface area contributed by atoms with Crippen LogP contribution < -0.4 is 20.1 Å². The molecule has 0 aliphatic rings. The maximum atomic E-state index is 12.4. The average Bonchev–Trinajstić information content (AvgIpc) is 2.72. The second-order valence-electron chi connectivity index (χ2n) is 6.08. The molecule has 0 saturated heterocycles. The van der Waals surface area contributed by atoms with E-state index < -0.39 is 6.10 Å². The Morgan fingerprint density at radius 2 is 1.68 bits per heavy atom. The van der Waals surface area contributed by atoms with Gasteiger partial charge in [0.15, 0.2) is 17.6 Å². The molecular weight excluding hydrogens is 360 g/mol. The van der Waals surface area contributed by atoms with E-state index in [1.54, 1.807) is 57.5 Å². The molecule has 7 heteroatoms. The van der Waals surface area contributed by atoms with Crippen LogP contribution >= 0.6 is 0 Å². The summed E-state index contributed by atoms with van der Waals surface area (Å²) in [6.07, 6.45) is 0.0283. The summed E-state index contributed by atoms with van der Waals surface area (Å²) in [6.45, 7) is 2.80. The molecule has 0 aliphatic heterocycles. The van der Waals surface area contributed by atoms with Gasteiger partial charge in [0.2, 0.25) is 0 Å². The molecule has 0 fully saturated rings. The fourth-order valence-corrected chi connectivity index (χ4v) is 2.43. The maximum Gasteiger partial charge on any atom is 0.265 e. The van der Waals surface area contributed by atoms with E-state index >= 15 is 0 Å². The minimum absolute atomic E-state index is 0.165. The molecule has 1 atom stereocenters. The van der Waals surface area contributed by atoms with Crippen molar-refractivity contribution >= 4 is 17.5 Å². The van der Waals surface area contributed by atoms with Crippen LogP contribution in [-0.4, -0.2) is 45.3 Å². The SMILES string of the molecule is COCCCNC(=O)c1ccc(NC(=O)C(C)Oc2ccccc2OC)cc1. The van der Waals surface area contributed by atoms with Crippen molar-refractivity contribution in [2.24, 2.45) is 0 Å². The van der Waals surface area contributed by atoms with E-state index in [0.717, 1.165) is 6.42 Å². The number of methoxy groups -OCH3 is 2. The first-order valence-corrected chi connectivity index (χ1v) is 9.03. The molecule has 0 bridgehead atoms. The van der Waals surface area contributed by atoms with Gasteiger partial charge >= 0.3 is 0 Å². The number of ether oxygens (including phenoxy) is 3. The molecule has 2 amide bonds. The molecular formula is C21H26N2O5. The molecule has 0 aliphatic carbocycles. The average molecular weight is 386 g/mol. The van der Waals surface area contributed by atoms with E-state index in [1.807, 2.05) is 12.1 Å². The van der Waals surface area contributed by atoms with Crippen molar-refractivity contribution in [3.63, 3.8) is 0 Å². The maximum absolute atomic E-state index is 12.4. The third-order valence-electron chi connectivity index (χ3n) is 3.97. The number of benzene rings is 2. The summed E-state index contributed by atoms with van der Waals surface area (Å²) in [4.78, 5) is 24.4. The topological polar surface area (TPSA) is 85.9 Å². The molecule has 0 aromatic heterocycles. The lowest BCUT2D eigenvalue weighted by atomic mass is 10.2. The number of hydrogen-bond donors (Lipinski definition) is 2. The van der Waals surface area contributed by atoms with Gasteiger partial charge in [0.05, 0.1) is 7.11 Å². The molecule has 2 rings (SSSR count). The molecule has 0 heterocycles. The van der Waals surface area contributed by atoms with Crippen molar-refractivity contribution in [1.29, 1.82) is 0 Å². The van der Waals surface area contributed by atoms with E-state index in [2.05, 4.69) is 10.6 Å². The van der Waals surface area contributed by atoms with Crippen molar-refractivity contribution < 1.29 is 23.8 Å². The highest BCUT2D eigenvalue weighted by molar-refractivity contribution is 5.96. The van der Waals surface area contributed by atoms with E-state index in [0.29, 0.717) is 35.9 Å². The Labute approximate surface area is 165 Å². The standard InChI is InChI=1S/C21H26N2O5/c1-15(28-19-8-5-4-7-18(19)27-3)20(24)23-17-11-9-16(10-12-17)21(25)22-13-6-14-26-2/h4-5,7-12,15H,6,13-14H2,1-3H3,(H,22,25)(H,23,24). The molecule has 2 aromatic rings. The number of carbonyl (C=O) groups excluding carboxylic acids is 2. The van der Waals surface area contributed by atoms with E-state index in [1.165, 1.54) is 0 Å². The van der Waals surface area contributed by atoms with E-state index in [-0.39, 0.29) is 11.8 Å². The van der Waals surface area contributed by atoms with Gasteiger partial charge in [0, 0.05) is 31.5 Å². The monoisotopic (exact) mass is 386 g/mol. The number of rotatable bonds is 10. The lowest BCUT2D eigenvalue weighted by Crippen LogP contribution is -2.30. The Bertz CT molecular complexity index is 777. The summed E-state index contributed by atoms with van der Waals surface area (Å²) < 4.78 is 15.8. The summed E-state index contributed by atoms with van der Waals surface area (Å²) in [5.74, 6) is 0.584. The Balaban J connectivity index is 1.88. The van der Waals surface area contributed by atoms with Gasteiger partial charge in [-0.3, -0.25) is 9.59 Å².